The molecule has 160 valence electrons. The maximum Gasteiger partial charge on any atom is 0.347 e. The quantitative estimate of drug-likeness (QED) is 0.350. The average molecular weight is 426 g/mol. The topological polar surface area (TPSA) is 77.3 Å². The van der Waals surface area contributed by atoms with Gasteiger partial charge in [-0.1, -0.05) is 23.8 Å². The Morgan fingerprint density at radius 1 is 0.938 bits per heavy atom. The molecule has 1 amide bonds. The summed E-state index contributed by atoms with van der Waals surface area (Å²) in [5, 5.41) is 4.25. The standard InChI is InChI=1S/C25H22N4O3/c1-17-7-9-19(10-8-17)24(30)28(3)20-11-13-21(14-12-20)32-25(31)22-16-27-29(18(22)2)23-6-4-5-15-26-23/h4-16H,1-3H3. The Bertz CT molecular complexity index is 1250. The third-order valence-corrected chi connectivity index (χ3v) is 5.13. The van der Waals surface area contributed by atoms with Gasteiger partial charge in [-0.05, 0) is 62.4 Å². The molecular formula is C25H22N4O3. The zero-order valence-electron chi connectivity index (χ0n) is 18.0. The van der Waals surface area contributed by atoms with E-state index in [9.17, 15) is 9.59 Å². The lowest BCUT2D eigenvalue weighted by Crippen LogP contribution is -2.26. The molecule has 2 heterocycles. The molecule has 0 bridgehead atoms. The van der Waals surface area contributed by atoms with E-state index in [1.165, 1.54) is 6.20 Å². The summed E-state index contributed by atoms with van der Waals surface area (Å²) in [6.45, 7) is 3.76. The molecule has 2 aromatic heterocycles. The summed E-state index contributed by atoms with van der Waals surface area (Å²) in [7, 11) is 1.71. The van der Waals surface area contributed by atoms with Crippen LogP contribution in [-0.2, 0) is 0 Å². The summed E-state index contributed by atoms with van der Waals surface area (Å²) in [6, 6.07) is 19.7. The predicted octanol–water partition coefficient (Wildman–Crippen LogP) is 4.38. The van der Waals surface area contributed by atoms with Crippen LogP contribution in [0, 0.1) is 13.8 Å². The van der Waals surface area contributed by atoms with Crippen molar-refractivity contribution in [1.29, 1.82) is 0 Å². The number of benzene rings is 2. The van der Waals surface area contributed by atoms with Gasteiger partial charge in [-0.3, -0.25) is 4.79 Å². The second-order valence-electron chi connectivity index (χ2n) is 7.36. The molecule has 0 N–H and O–H groups in total. The highest BCUT2D eigenvalue weighted by Crippen LogP contribution is 2.22. The van der Waals surface area contributed by atoms with Crippen LogP contribution in [0.3, 0.4) is 0 Å². The van der Waals surface area contributed by atoms with Crippen LogP contribution in [0.15, 0.2) is 79.1 Å². The smallest absolute Gasteiger partial charge is 0.347 e. The highest BCUT2D eigenvalue weighted by molar-refractivity contribution is 6.05. The molecule has 32 heavy (non-hydrogen) atoms. The van der Waals surface area contributed by atoms with Crippen molar-refractivity contribution in [2.45, 2.75) is 13.8 Å². The number of hydrogen-bond donors (Lipinski definition) is 0. The van der Waals surface area contributed by atoms with Crippen molar-refractivity contribution in [3.63, 3.8) is 0 Å². The molecule has 7 heteroatoms. The van der Waals surface area contributed by atoms with Gasteiger partial charge >= 0.3 is 5.97 Å². The van der Waals surface area contributed by atoms with E-state index in [1.807, 2.05) is 37.3 Å². The van der Waals surface area contributed by atoms with Crippen LogP contribution in [0.4, 0.5) is 5.69 Å². The maximum absolute atomic E-state index is 12.7. The van der Waals surface area contributed by atoms with Crippen molar-refractivity contribution in [1.82, 2.24) is 14.8 Å². The number of pyridine rings is 1. The molecule has 7 nitrogen and oxygen atoms in total. The maximum atomic E-state index is 12.7. The van der Waals surface area contributed by atoms with Crippen LogP contribution in [0.2, 0.25) is 0 Å². The molecule has 0 aliphatic rings. The van der Waals surface area contributed by atoms with Crippen molar-refractivity contribution in [3.8, 4) is 11.6 Å². The highest BCUT2D eigenvalue weighted by Gasteiger charge is 2.18. The Kier molecular flexibility index (Phi) is 5.81. The van der Waals surface area contributed by atoms with E-state index in [0.29, 0.717) is 34.1 Å². The molecule has 4 rings (SSSR count). The summed E-state index contributed by atoms with van der Waals surface area (Å²) < 4.78 is 7.10. The van der Waals surface area contributed by atoms with Gasteiger partial charge in [0.2, 0.25) is 0 Å². The summed E-state index contributed by atoms with van der Waals surface area (Å²) in [4.78, 5) is 31.1. The summed E-state index contributed by atoms with van der Waals surface area (Å²) in [6.07, 6.45) is 3.13. The normalized spacial score (nSPS) is 10.6. The second kappa shape index (κ2) is 8.85. The van der Waals surface area contributed by atoms with Crippen molar-refractivity contribution < 1.29 is 14.3 Å². The number of aryl methyl sites for hydroxylation is 1. The van der Waals surface area contributed by atoms with Gasteiger partial charge in [0.15, 0.2) is 5.82 Å². The van der Waals surface area contributed by atoms with Gasteiger partial charge in [0.05, 0.1) is 11.9 Å². The number of hydrogen-bond acceptors (Lipinski definition) is 5. The van der Waals surface area contributed by atoms with Gasteiger partial charge in [0.1, 0.15) is 11.3 Å². The molecule has 0 spiro atoms. The molecule has 4 aromatic rings. The van der Waals surface area contributed by atoms with E-state index in [4.69, 9.17) is 4.74 Å². The van der Waals surface area contributed by atoms with E-state index < -0.39 is 5.97 Å². The molecule has 0 aliphatic carbocycles. The Hall–Kier alpha value is -4.26. The first-order valence-electron chi connectivity index (χ1n) is 10.1. The molecule has 0 unspecified atom stereocenters. The molecule has 2 aromatic carbocycles. The molecule has 0 radical (unpaired) electrons. The number of esters is 1. The van der Waals surface area contributed by atoms with Gasteiger partial charge in [-0.2, -0.15) is 5.10 Å². The Labute approximate surface area is 185 Å². The number of ether oxygens (including phenoxy) is 1. The molecular weight excluding hydrogens is 404 g/mol. The average Bonchev–Trinajstić information content (AvgIpc) is 3.21. The van der Waals surface area contributed by atoms with E-state index in [-0.39, 0.29) is 5.91 Å². The lowest BCUT2D eigenvalue weighted by atomic mass is 10.1. The van der Waals surface area contributed by atoms with Gasteiger partial charge in [-0.15, -0.1) is 0 Å². The summed E-state index contributed by atoms with van der Waals surface area (Å²) in [5.41, 5.74) is 3.37. The van der Waals surface area contributed by atoms with Crippen LogP contribution < -0.4 is 9.64 Å². The zero-order chi connectivity index (χ0) is 22.7. The lowest BCUT2D eigenvalue weighted by Gasteiger charge is -2.18. The van der Waals surface area contributed by atoms with Crippen molar-refractivity contribution >= 4 is 17.6 Å². The van der Waals surface area contributed by atoms with Crippen LogP contribution in [0.25, 0.3) is 5.82 Å². The third-order valence-electron chi connectivity index (χ3n) is 5.13. The fourth-order valence-electron chi connectivity index (χ4n) is 3.23. The second-order valence-corrected chi connectivity index (χ2v) is 7.36. The first kappa shape index (κ1) is 21.0. The highest BCUT2D eigenvalue weighted by atomic mass is 16.5. The summed E-state index contributed by atoms with van der Waals surface area (Å²) >= 11 is 0. The Balaban J connectivity index is 1.46. The Morgan fingerprint density at radius 3 is 2.31 bits per heavy atom. The van der Waals surface area contributed by atoms with E-state index in [0.717, 1.165) is 5.56 Å². The third kappa shape index (κ3) is 4.27. The molecule has 0 aliphatic heterocycles. The van der Waals surface area contributed by atoms with Crippen molar-refractivity contribution in [2.75, 3.05) is 11.9 Å². The first-order valence-corrected chi connectivity index (χ1v) is 10.1. The first-order chi connectivity index (χ1) is 15.4. The van der Waals surface area contributed by atoms with Crippen LogP contribution in [0.5, 0.6) is 5.75 Å². The number of anilines is 1. The summed E-state index contributed by atoms with van der Waals surface area (Å²) in [5.74, 6) is 0.364. The minimum Gasteiger partial charge on any atom is -0.423 e. The number of nitrogens with zero attached hydrogens (tertiary/aromatic N) is 4. The molecule has 0 atom stereocenters. The monoisotopic (exact) mass is 426 g/mol. The van der Waals surface area contributed by atoms with E-state index in [1.54, 1.807) is 66.1 Å². The largest absolute Gasteiger partial charge is 0.423 e. The number of amides is 1. The molecule has 0 fully saturated rings. The minimum absolute atomic E-state index is 0.118. The van der Waals surface area contributed by atoms with Gasteiger partial charge < -0.3 is 9.64 Å². The van der Waals surface area contributed by atoms with Gasteiger partial charge in [-0.25, -0.2) is 14.5 Å². The zero-order valence-corrected chi connectivity index (χ0v) is 18.0. The van der Waals surface area contributed by atoms with E-state index in [2.05, 4.69) is 10.1 Å². The van der Waals surface area contributed by atoms with Crippen molar-refractivity contribution in [2.24, 2.45) is 0 Å². The number of carbonyl (C=O) groups excluding carboxylic acids is 2. The molecule has 0 saturated carbocycles. The van der Waals surface area contributed by atoms with Gasteiger partial charge in [0.25, 0.3) is 5.91 Å². The Morgan fingerprint density at radius 2 is 1.66 bits per heavy atom. The minimum atomic E-state index is -0.512. The van der Waals surface area contributed by atoms with Crippen molar-refractivity contribution in [3.05, 3.63) is 102 Å². The number of rotatable bonds is 5. The van der Waals surface area contributed by atoms with Crippen LogP contribution in [0.1, 0.15) is 32.0 Å². The fraction of sp³-hybridized carbons (Fsp3) is 0.120. The lowest BCUT2D eigenvalue weighted by molar-refractivity contribution is 0.0733. The van der Waals surface area contributed by atoms with E-state index >= 15 is 0 Å². The number of aromatic nitrogens is 3. The predicted molar refractivity (Wildman–Crippen MR) is 121 cm³/mol. The SMILES string of the molecule is Cc1ccc(C(=O)N(C)c2ccc(OC(=O)c3cnn(-c4ccccn4)c3C)cc2)cc1. The van der Waals surface area contributed by atoms with Crippen LogP contribution >= 0.6 is 0 Å². The van der Waals surface area contributed by atoms with Crippen LogP contribution in [-0.4, -0.2) is 33.7 Å². The fourth-order valence-corrected chi connectivity index (χ4v) is 3.23. The molecule has 0 saturated heterocycles. The number of carbonyl (C=O) groups is 2. The van der Waals surface area contributed by atoms with Gasteiger partial charge in [0, 0.05) is 24.5 Å².